The Balaban J connectivity index is 2.05. The van der Waals surface area contributed by atoms with Crippen LogP contribution in [0, 0.1) is 6.92 Å². The summed E-state index contributed by atoms with van der Waals surface area (Å²) in [6.07, 6.45) is 0. The first-order valence-corrected chi connectivity index (χ1v) is 6.79. The summed E-state index contributed by atoms with van der Waals surface area (Å²) in [5.41, 5.74) is 7.54. The second-order valence-corrected chi connectivity index (χ2v) is 5.55. The maximum atomic E-state index is 6.11. The standard InChI is InChI=1S/C13H10ClN3OS/c1-7-6-10(15)19-11(7)13-16-12(17-18-13)8-4-2-3-5-9(8)14/h2-6H,15H2,1H3. The number of nitrogen functional groups attached to an aromatic ring is 1. The van der Waals surface area contributed by atoms with Gasteiger partial charge in [-0.3, -0.25) is 0 Å². The van der Waals surface area contributed by atoms with E-state index < -0.39 is 0 Å². The molecule has 0 unspecified atom stereocenters. The average Bonchev–Trinajstić information content (AvgIpc) is 2.96. The Labute approximate surface area is 118 Å². The fraction of sp³-hybridized carbons (Fsp3) is 0.0769. The molecule has 19 heavy (non-hydrogen) atoms. The van der Waals surface area contributed by atoms with E-state index in [1.54, 1.807) is 6.07 Å². The Morgan fingerprint density at radius 3 is 2.79 bits per heavy atom. The second-order valence-electron chi connectivity index (χ2n) is 4.06. The number of aromatic nitrogens is 2. The van der Waals surface area contributed by atoms with E-state index in [2.05, 4.69) is 10.1 Å². The Kier molecular flexibility index (Phi) is 3.00. The van der Waals surface area contributed by atoms with E-state index in [0.29, 0.717) is 16.7 Å². The van der Waals surface area contributed by atoms with Crippen LogP contribution in [0.15, 0.2) is 34.9 Å². The van der Waals surface area contributed by atoms with Crippen molar-refractivity contribution in [2.75, 3.05) is 5.73 Å². The Bertz CT molecular complexity index is 735. The number of halogens is 1. The molecular weight excluding hydrogens is 282 g/mol. The third-order valence-corrected chi connectivity index (χ3v) is 4.06. The molecule has 3 aromatic rings. The number of nitrogens with two attached hydrogens (primary N) is 1. The lowest BCUT2D eigenvalue weighted by atomic mass is 10.2. The van der Waals surface area contributed by atoms with Crippen molar-refractivity contribution in [3.63, 3.8) is 0 Å². The van der Waals surface area contributed by atoms with E-state index in [0.717, 1.165) is 21.0 Å². The minimum atomic E-state index is 0.467. The van der Waals surface area contributed by atoms with Gasteiger partial charge in [0.05, 0.1) is 14.9 Å². The van der Waals surface area contributed by atoms with Gasteiger partial charge in [-0.05, 0) is 30.7 Å². The second kappa shape index (κ2) is 4.68. The predicted octanol–water partition coefficient (Wildman–Crippen LogP) is 4.01. The van der Waals surface area contributed by atoms with E-state index in [4.69, 9.17) is 21.9 Å². The summed E-state index contributed by atoms with van der Waals surface area (Å²) in [6.45, 7) is 1.96. The van der Waals surface area contributed by atoms with Crippen molar-refractivity contribution in [2.45, 2.75) is 6.92 Å². The first-order chi connectivity index (χ1) is 9.15. The molecule has 0 amide bonds. The Hall–Kier alpha value is -1.85. The van der Waals surface area contributed by atoms with Gasteiger partial charge in [0.2, 0.25) is 5.82 Å². The molecule has 0 aliphatic rings. The molecule has 0 saturated heterocycles. The van der Waals surface area contributed by atoms with Gasteiger partial charge in [-0.15, -0.1) is 11.3 Å². The maximum absolute atomic E-state index is 6.11. The van der Waals surface area contributed by atoms with Gasteiger partial charge in [-0.2, -0.15) is 4.98 Å². The van der Waals surface area contributed by atoms with Gasteiger partial charge in [-0.1, -0.05) is 28.9 Å². The quantitative estimate of drug-likeness (QED) is 0.775. The number of hydrogen-bond donors (Lipinski definition) is 1. The van der Waals surface area contributed by atoms with Crippen molar-refractivity contribution in [1.82, 2.24) is 10.1 Å². The molecule has 2 N–H and O–H groups in total. The SMILES string of the molecule is Cc1cc(N)sc1-c1nc(-c2ccccc2Cl)no1. The zero-order valence-corrected chi connectivity index (χ0v) is 11.6. The summed E-state index contributed by atoms with van der Waals surface area (Å²) in [5.74, 6) is 0.945. The minimum Gasteiger partial charge on any atom is -0.391 e. The molecule has 0 bridgehead atoms. The molecule has 96 valence electrons. The highest BCUT2D eigenvalue weighted by Crippen LogP contribution is 2.34. The van der Waals surface area contributed by atoms with E-state index >= 15 is 0 Å². The third-order valence-electron chi connectivity index (χ3n) is 2.67. The zero-order chi connectivity index (χ0) is 13.4. The predicted molar refractivity (Wildman–Crippen MR) is 77.2 cm³/mol. The molecule has 0 spiro atoms. The van der Waals surface area contributed by atoms with Crippen LogP contribution < -0.4 is 5.73 Å². The van der Waals surface area contributed by atoms with Crippen LogP contribution in [0.4, 0.5) is 5.00 Å². The third kappa shape index (κ3) is 2.22. The van der Waals surface area contributed by atoms with E-state index in [1.165, 1.54) is 11.3 Å². The number of hydrogen-bond acceptors (Lipinski definition) is 5. The summed E-state index contributed by atoms with van der Waals surface area (Å²) in [7, 11) is 0. The number of aryl methyl sites for hydroxylation is 1. The van der Waals surface area contributed by atoms with Crippen molar-refractivity contribution in [3.05, 3.63) is 40.9 Å². The molecule has 0 aliphatic heterocycles. The van der Waals surface area contributed by atoms with Crippen molar-refractivity contribution in [3.8, 4) is 22.2 Å². The molecule has 6 heteroatoms. The van der Waals surface area contributed by atoms with E-state index in [9.17, 15) is 0 Å². The van der Waals surface area contributed by atoms with Gasteiger partial charge in [0, 0.05) is 5.56 Å². The summed E-state index contributed by atoms with van der Waals surface area (Å²) >= 11 is 7.54. The molecule has 2 heterocycles. The first-order valence-electron chi connectivity index (χ1n) is 5.60. The number of thiophene rings is 1. The van der Waals surface area contributed by atoms with Crippen molar-refractivity contribution in [2.24, 2.45) is 0 Å². The number of anilines is 1. The molecular formula is C13H10ClN3OS. The molecule has 1 aromatic carbocycles. The lowest BCUT2D eigenvalue weighted by Gasteiger charge is -1.95. The minimum absolute atomic E-state index is 0.467. The monoisotopic (exact) mass is 291 g/mol. The van der Waals surface area contributed by atoms with Gasteiger partial charge in [-0.25, -0.2) is 0 Å². The molecule has 4 nitrogen and oxygen atoms in total. The van der Waals surface area contributed by atoms with Crippen LogP contribution in [-0.2, 0) is 0 Å². The highest BCUT2D eigenvalue weighted by atomic mass is 35.5. The smallest absolute Gasteiger partial charge is 0.268 e. The van der Waals surface area contributed by atoms with E-state index in [-0.39, 0.29) is 0 Å². The van der Waals surface area contributed by atoms with Gasteiger partial charge >= 0.3 is 0 Å². The van der Waals surface area contributed by atoms with Gasteiger partial charge in [0.1, 0.15) is 0 Å². The zero-order valence-electron chi connectivity index (χ0n) is 10.1. The lowest BCUT2D eigenvalue weighted by molar-refractivity contribution is 0.433. The first kappa shape index (κ1) is 12.2. The molecule has 0 fully saturated rings. The number of rotatable bonds is 2. The number of benzene rings is 1. The van der Waals surface area contributed by atoms with Crippen LogP contribution in [0.1, 0.15) is 5.56 Å². The molecule has 3 rings (SSSR count). The largest absolute Gasteiger partial charge is 0.391 e. The van der Waals surface area contributed by atoms with Crippen molar-refractivity contribution in [1.29, 1.82) is 0 Å². The Morgan fingerprint density at radius 2 is 2.11 bits per heavy atom. The average molecular weight is 292 g/mol. The molecule has 0 radical (unpaired) electrons. The molecule has 0 atom stereocenters. The van der Waals surface area contributed by atoms with Gasteiger partial charge in [0.15, 0.2) is 0 Å². The van der Waals surface area contributed by atoms with Gasteiger partial charge < -0.3 is 10.3 Å². The van der Waals surface area contributed by atoms with Crippen LogP contribution in [0.5, 0.6) is 0 Å². The maximum Gasteiger partial charge on any atom is 0.268 e. The van der Waals surface area contributed by atoms with Crippen LogP contribution in [-0.4, -0.2) is 10.1 Å². The molecule has 2 aromatic heterocycles. The Morgan fingerprint density at radius 1 is 1.32 bits per heavy atom. The van der Waals surface area contributed by atoms with Gasteiger partial charge in [0.25, 0.3) is 5.89 Å². The highest BCUT2D eigenvalue weighted by molar-refractivity contribution is 7.19. The van der Waals surface area contributed by atoms with E-state index in [1.807, 2.05) is 31.2 Å². The van der Waals surface area contributed by atoms with Crippen molar-refractivity contribution >= 4 is 27.9 Å². The summed E-state index contributed by atoms with van der Waals surface area (Å²) in [6, 6.07) is 9.27. The van der Waals surface area contributed by atoms with Crippen molar-refractivity contribution < 1.29 is 4.52 Å². The lowest BCUT2D eigenvalue weighted by Crippen LogP contribution is -1.82. The fourth-order valence-electron chi connectivity index (χ4n) is 1.79. The summed E-state index contributed by atoms with van der Waals surface area (Å²) in [4.78, 5) is 5.27. The molecule has 0 saturated carbocycles. The van der Waals surface area contributed by atoms with Crippen LogP contribution in [0.3, 0.4) is 0 Å². The van der Waals surface area contributed by atoms with Crippen LogP contribution >= 0.6 is 22.9 Å². The highest BCUT2D eigenvalue weighted by Gasteiger charge is 2.16. The summed E-state index contributed by atoms with van der Waals surface area (Å²) in [5, 5.41) is 5.29. The number of nitrogens with zero attached hydrogens (tertiary/aromatic N) is 2. The van der Waals surface area contributed by atoms with Crippen LogP contribution in [0.2, 0.25) is 5.02 Å². The van der Waals surface area contributed by atoms with Crippen LogP contribution in [0.25, 0.3) is 22.2 Å². The fourth-order valence-corrected chi connectivity index (χ4v) is 2.87. The molecule has 0 aliphatic carbocycles. The summed E-state index contributed by atoms with van der Waals surface area (Å²) < 4.78 is 5.29. The topological polar surface area (TPSA) is 64.9 Å². The normalized spacial score (nSPS) is 10.8.